The van der Waals surface area contributed by atoms with Crippen LogP contribution < -0.4 is 5.32 Å². The number of allylic oxidation sites excluding steroid dienone is 2. The van der Waals surface area contributed by atoms with E-state index in [2.05, 4.69) is 23.5 Å². The molecule has 3 atom stereocenters. The third kappa shape index (κ3) is 2.80. The van der Waals surface area contributed by atoms with Gasteiger partial charge in [0.25, 0.3) is 5.91 Å². The molecule has 0 spiro atoms. The highest BCUT2D eigenvalue weighted by Crippen LogP contribution is 2.51. The number of benzene rings is 2. The molecule has 0 saturated heterocycles. The first-order valence-electron chi connectivity index (χ1n) is 8.70. The summed E-state index contributed by atoms with van der Waals surface area (Å²) in [5.41, 5.74) is 3.81. The van der Waals surface area contributed by atoms with Crippen molar-refractivity contribution in [1.82, 2.24) is 4.90 Å². The number of hydrogen-bond acceptors (Lipinski definition) is 2. The molecule has 2 aliphatic rings. The van der Waals surface area contributed by atoms with Gasteiger partial charge in [-0.05, 0) is 41.7 Å². The van der Waals surface area contributed by atoms with Crippen LogP contribution in [0.15, 0.2) is 48.6 Å². The van der Waals surface area contributed by atoms with Gasteiger partial charge < -0.3 is 10.2 Å². The summed E-state index contributed by atoms with van der Waals surface area (Å²) in [5, 5.41) is 4.91. The first kappa shape index (κ1) is 17.4. The number of nitrogens with one attached hydrogen (secondary N) is 1. The van der Waals surface area contributed by atoms with E-state index in [9.17, 15) is 4.79 Å². The molecule has 4 rings (SSSR count). The number of carbonyl (C=O) groups excluding carboxylic acids is 1. The van der Waals surface area contributed by atoms with E-state index in [1.807, 2.05) is 24.3 Å². The smallest absolute Gasteiger partial charge is 0.255 e. The van der Waals surface area contributed by atoms with Crippen LogP contribution in [0.25, 0.3) is 0 Å². The zero-order valence-electron chi connectivity index (χ0n) is 14.7. The highest BCUT2D eigenvalue weighted by atomic mass is 35.5. The van der Waals surface area contributed by atoms with Gasteiger partial charge >= 0.3 is 0 Å². The Bertz CT molecular complexity index is 907. The van der Waals surface area contributed by atoms with Gasteiger partial charge in [0.05, 0.1) is 17.3 Å². The van der Waals surface area contributed by atoms with Crippen molar-refractivity contribution in [3.63, 3.8) is 0 Å². The largest absolute Gasteiger partial charge is 0.377 e. The van der Waals surface area contributed by atoms with Crippen LogP contribution in [0.5, 0.6) is 0 Å². The third-order valence-electron chi connectivity index (χ3n) is 5.33. The number of halogens is 2. The number of rotatable bonds is 2. The fourth-order valence-corrected chi connectivity index (χ4v) is 4.63. The fourth-order valence-electron chi connectivity index (χ4n) is 4.10. The molecule has 134 valence electrons. The Kier molecular flexibility index (Phi) is 4.45. The lowest BCUT2D eigenvalue weighted by atomic mass is 9.76. The fraction of sp³-hybridized carbons (Fsp3) is 0.286. The van der Waals surface area contributed by atoms with E-state index in [1.165, 1.54) is 5.56 Å². The molecule has 0 fully saturated rings. The van der Waals surface area contributed by atoms with E-state index in [1.54, 1.807) is 25.1 Å². The molecule has 2 aromatic rings. The van der Waals surface area contributed by atoms with Crippen LogP contribution >= 0.6 is 23.2 Å². The minimum Gasteiger partial charge on any atom is -0.377 e. The molecule has 1 heterocycles. The molecule has 1 N–H and O–H groups in total. The van der Waals surface area contributed by atoms with Crippen LogP contribution in [0.2, 0.25) is 10.0 Å². The van der Waals surface area contributed by atoms with Gasteiger partial charge in [0.2, 0.25) is 0 Å². The van der Waals surface area contributed by atoms with Gasteiger partial charge in [-0.25, -0.2) is 0 Å². The topological polar surface area (TPSA) is 32.3 Å². The monoisotopic (exact) mass is 386 g/mol. The van der Waals surface area contributed by atoms with Crippen LogP contribution in [-0.2, 0) is 0 Å². The van der Waals surface area contributed by atoms with Crippen molar-refractivity contribution in [2.45, 2.75) is 18.4 Å². The average Bonchev–Trinajstić information content (AvgIpc) is 3.10. The maximum atomic E-state index is 12.7. The molecule has 3 nitrogen and oxygen atoms in total. The maximum absolute atomic E-state index is 12.7. The van der Waals surface area contributed by atoms with Crippen LogP contribution in [0, 0.1) is 5.92 Å². The van der Waals surface area contributed by atoms with E-state index in [0.29, 0.717) is 21.5 Å². The maximum Gasteiger partial charge on any atom is 0.255 e. The molecular formula is C21H20Cl2N2O. The molecule has 0 saturated carbocycles. The van der Waals surface area contributed by atoms with Crippen molar-refractivity contribution < 1.29 is 4.79 Å². The summed E-state index contributed by atoms with van der Waals surface area (Å²) >= 11 is 12.6. The second kappa shape index (κ2) is 6.64. The van der Waals surface area contributed by atoms with Crippen molar-refractivity contribution in [3.05, 3.63) is 75.3 Å². The second-order valence-corrected chi connectivity index (χ2v) is 7.95. The zero-order chi connectivity index (χ0) is 18.4. The lowest BCUT2D eigenvalue weighted by molar-refractivity contribution is 0.0828. The van der Waals surface area contributed by atoms with E-state index >= 15 is 0 Å². The predicted molar refractivity (Wildman–Crippen MR) is 107 cm³/mol. The van der Waals surface area contributed by atoms with Crippen molar-refractivity contribution >= 4 is 34.8 Å². The van der Waals surface area contributed by atoms with Gasteiger partial charge in [-0.2, -0.15) is 0 Å². The normalized spacial score (nSPS) is 23.2. The molecule has 0 aromatic heterocycles. The quantitative estimate of drug-likeness (QED) is 0.688. The summed E-state index contributed by atoms with van der Waals surface area (Å²) in [6.45, 7) is 0. The molecular weight excluding hydrogens is 367 g/mol. The van der Waals surface area contributed by atoms with Crippen LogP contribution in [0.4, 0.5) is 5.69 Å². The van der Waals surface area contributed by atoms with Crippen molar-refractivity contribution in [2.75, 3.05) is 19.4 Å². The van der Waals surface area contributed by atoms with Gasteiger partial charge in [0, 0.05) is 30.1 Å². The van der Waals surface area contributed by atoms with Crippen molar-refractivity contribution in [3.8, 4) is 0 Å². The Hall–Kier alpha value is -1.97. The number of para-hydroxylation sites is 1. The Morgan fingerprint density at radius 1 is 1.15 bits per heavy atom. The van der Waals surface area contributed by atoms with Crippen LogP contribution in [-0.4, -0.2) is 24.9 Å². The number of carbonyl (C=O) groups is 1. The molecule has 0 radical (unpaired) electrons. The highest BCUT2D eigenvalue weighted by molar-refractivity contribution is 6.35. The Morgan fingerprint density at radius 2 is 1.96 bits per heavy atom. The number of fused-ring (bicyclic) bond motifs is 3. The number of amides is 1. The minimum atomic E-state index is -0.00395. The lowest BCUT2D eigenvalue weighted by Crippen LogP contribution is -2.32. The van der Waals surface area contributed by atoms with E-state index in [-0.39, 0.29) is 17.9 Å². The van der Waals surface area contributed by atoms with E-state index in [4.69, 9.17) is 23.2 Å². The minimum absolute atomic E-state index is 0.00395. The van der Waals surface area contributed by atoms with Gasteiger partial charge in [-0.3, -0.25) is 4.79 Å². The highest BCUT2D eigenvalue weighted by Gasteiger charge is 2.40. The summed E-state index contributed by atoms with van der Waals surface area (Å²) in [7, 11) is 3.55. The second-order valence-electron chi connectivity index (χ2n) is 7.11. The molecule has 2 aromatic carbocycles. The van der Waals surface area contributed by atoms with Gasteiger partial charge in [-0.15, -0.1) is 0 Å². The summed E-state index contributed by atoms with van der Waals surface area (Å²) in [6.07, 6.45) is 5.46. The summed E-state index contributed by atoms with van der Waals surface area (Å²) < 4.78 is 0. The van der Waals surface area contributed by atoms with Crippen molar-refractivity contribution in [2.24, 2.45) is 5.92 Å². The number of nitrogens with zero attached hydrogens (tertiary/aromatic N) is 1. The Balaban J connectivity index is 1.84. The molecule has 1 amide bonds. The van der Waals surface area contributed by atoms with Crippen molar-refractivity contribution in [1.29, 1.82) is 0 Å². The predicted octanol–water partition coefficient (Wildman–Crippen LogP) is 5.52. The van der Waals surface area contributed by atoms with Crippen LogP contribution in [0.3, 0.4) is 0 Å². The third-order valence-corrected chi connectivity index (χ3v) is 5.89. The summed E-state index contributed by atoms with van der Waals surface area (Å²) in [4.78, 5) is 14.3. The molecule has 1 aliphatic carbocycles. The first-order chi connectivity index (χ1) is 12.5. The van der Waals surface area contributed by atoms with Gasteiger partial charge in [-0.1, -0.05) is 53.6 Å². The lowest BCUT2D eigenvalue weighted by Gasteiger charge is -2.38. The van der Waals surface area contributed by atoms with Gasteiger partial charge in [0.1, 0.15) is 0 Å². The number of anilines is 1. The molecule has 5 heteroatoms. The summed E-state index contributed by atoms with van der Waals surface area (Å²) in [5.74, 6) is 0.638. The van der Waals surface area contributed by atoms with E-state index in [0.717, 1.165) is 17.7 Å². The van der Waals surface area contributed by atoms with Gasteiger partial charge in [0.15, 0.2) is 0 Å². The summed E-state index contributed by atoms with van der Waals surface area (Å²) in [6, 6.07) is 11.6. The van der Waals surface area contributed by atoms with E-state index < -0.39 is 0 Å². The zero-order valence-corrected chi connectivity index (χ0v) is 16.2. The molecule has 1 aliphatic heterocycles. The standard InChI is InChI=1S/C21H20Cl2N2O/c1-25(2)21(26)17-8-4-7-15-13-5-3-6-14(13)19(24-20(15)17)16-10-9-12(22)11-18(16)23/h3-5,7-11,13-14,19,24H,6H2,1-2H3/t13-,14-,19-/m0/s1. The first-order valence-corrected chi connectivity index (χ1v) is 9.45. The number of hydrogen-bond donors (Lipinski definition) is 1. The molecule has 0 bridgehead atoms. The Morgan fingerprint density at radius 3 is 2.69 bits per heavy atom. The molecule has 26 heavy (non-hydrogen) atoms. The molecule has 0 unspecified atom stereocenters. The Labute approximate surface area is 163 Å². The van der Waals surface area contributed by atoms with Crippen LogP contribution in [0.1, 0.15) is 39.9 Å². The SMILES string of the molecule is CN(C)C(=O)c1cccc2c1N[C@H](c1ccc(Cl)cc1Cl)[C@H]1CC=C[C@H]21. The average molecular weight is 387 g/mol.